The Morgan fingerprint density at radius 3 is 2.60 bits per heavy atom. The average Bonchev–Trinajstić information content (AvgIpc) is 3.22. The molecule has 8 atom stereocenters. The molecule has 0 aromatic rings. The largest absolute Gasteiger partial charge is 0.463 e. The minimum absolute atomic E-state index is 0.0665. The van der Waals surface area contributed by atoms with E-state index in [0.717, 1.165) is 63.4 Å². The Kier molecular flexibility index (Phi) is 4.67. The third-order valence-corrected chi connectivity index (χ3v) is 10.3. The average molecular weight is 417 g/mol. The molecule has 1 aliphatic heterocycles. The third-order valence-electron chi connectivity index (χ3n) is 10.3. The standard InChI is InChI=1S/C25H36O5/c1-15(26)30-18-6-9-23(2)17(13-18)4-5-21-20(23)7-10-24(3)19(8-11-25(21,24)28)16-12-22(27)29-14-16/h12,17-21,28H,4-11,13-14H2,1-3H3/t17-,18+,19-,20+,21-,23+,24-,25+/m1/s1. The second-order valence-electron chi connectivity index (χ2n) is 11.3. The van der Waals surface area contributed by atoms with Crippen LogP contribution in [0.4, 0.5) is 0 Å². The second-order valence-corrected chi connectivity index (χ2v) is 11.3. The summed E-state index contributed by atoms with van der Waals surface area (Å²) >= 11 is 0. The van der Waals surface area contributed by atoms with Gasteiger partial charge in [-0.25, -0.2) is 4.79 Å². The van der Waals surface area contributed by atoms with E-state index in [1.54, 1.807) is 6.08 Å². The van der Waals surface area contributed by atoms with Crippen LogP contribution in [-0.4, -0.2) is 35.4 Å². The van der Waals surface area contributed by atoms with Gasteiger partial charge in [0.05, 0.1) is 5.60 Å². The Morgan fingerprint density at radius 2 is 1.90 bits per heavy atom. The van der Waals surface area contributed by atoms with Crippen molar-refractivity contribution < 1.29 is 24.2 Å². The van der Waals surface area contributed by atoms with Crippen molar-refractivity contribution in [2.24, 2.45) is 34.5 Å². The number of ether oxygens (including phenoxy) is 2. The molecule has 0 aromatic carbocycles. The minimum atomic E-state index is -0.659. The van der Waals surface area contributed by atoms with Gasteiger partial charge in [-0.05, 0) is 92.4 Å². The molecule has 5 heteroatoms. The Morgan fingerprint density at radius 1 is 1.10 bits per heavy atom. The van der Waals surface area contributed by atoms with Crippen LogP contribution in [0.3, 0.4) is 0 Å². The van der Waals surface area contributed by atoms with Gasteiger partial charge in [0, 0.05) is 18.4 Å². The lowest BCUT2D eigenvalue weighted by Crippen LogP contribution is -2.62. The van der Waals surface area contributed by atoms with E-state index in [0.29, 0.717) is 24.4 Å². The highest BCUT2D eigenvalue weighted by molar-refractivity contribution is 5.85. The van der Waals surface area contributed by atoms with Gasteiger partial charge in [0.2, 0.25) is 0 Å². The first-order valence-corrected chi connectivity index (χ1v) is 11.9. The molecule has 4 saturated carbocycles. The predicted molar refractivity (Wildman–Crippen MR) is 111 cm³/mol. The summed E-state index contributed by atoms with van der Waals surface area (Å²) in [6.45, 7) is 6.64. The molecule has 5 rings (SSSR count). The second kappa shape index (κ2) is 6.82. The molecule has 30 heavy (non-hydrogen) atoms. The number of hydrogen-bond acceptors (Lipinski definition) is 5. The number of carbonyl (C=O) groups excluding carboxylic acids is 2. The van der Waals surface area contributed by atoms with E-state index in [-0.39, 0.29) is 34.8 Å². The Bertz CT molecular complexity index is 788. The lowest BCUT2D eigenvalue weighted by molar-refractivity contribution is -0.209. The summed E-state index contributed by atoms with van der Waals surface area (Å²) in [5, 5.41) is 12.2. The molecule has 5 aliphatic rings. The number of fused-ring (bicyclic) bond motifs is 5. The fourth-order valence-electron chi connectivity index (χ4n) is 8.71. The highest BCUT2D eigenvalue weighted by Gasteiger charge is 2.67. The monoisotopic (exact) mass is 416 g/mol. The third kappa shape index (κ3) is 2.76. The van der Waals surface area contributed by atoms with Crippen molar-refractivity contribution in [3.05, 3.63) is 11.6 Å². The molecule has 0 radical (unpaired) electrons. The van der Waals surface area contributed by atoms with E-state index in [2.05, 4.69) is 13.8 Å². The summed E-state index contributed by atoms with van der Waals surface area (Å²) in [5.74, 6) is 1.29. The SMILES string of the molecule is CC(=O)O[C@H]1CC[C@@]2(C)[C@H](CC[C@@H]3[C@@H]2CC[C@]2(C)[C@@H](C4=CC(=O)OC4)CC[C@]32O)C1. The van der Waals surface area contributed by atoms with Gasteiger partial charge in [-0.15, -0.1) is 0 Å². The molecule has 0 bridgehead atoms. The van der Waals surface area contributed by atoms with Gasteiger partial charge >= 0.3 is 11.9 Å². The summed E-state index contributed by atoms with van der Waals surface area (Å²) in [4.78, 5) is 23.1. The maximum Gasteiger partial charge on any atom is 0.331 e. The summed E-state index contributed by atoms with van der Waals surface area (Å²) in [5.41, 5.74) is 0.485. The van der Waals surface area contributed by atoms with Crippen LogP contribution in [0.1, 0.15) is 78.6 Å². The van der Waals surface area contributed by atoms with Crippen molar-refractivity contribution in [3.8, 4) is 0 Å². The molecule has 0 saturated heterocycles. The van der Waals surface area contributed by atoms with Crippen LogP contribution >= 0.6 is 0 Å². The number of hydrogen-bond donors (Lipinski definition) is 1. The van der Waals surface area contributed by atoms with Gasteiger partial charge in [0.1, 0.15) is 12.7 Å². The lowest BCUT2D eigenvalue weighted by atomic mass is 9.43. The van der Waals surface area contributed by atoms with Gasteiger partial charge in [-0.2, -0.15) is 0 Å². The first-order chi connectivity index (χ1) is 14.2. The zero-order valence-corrected chi connectivity index (χ0v) is 18.6. The van der Waals surface area contributed by atoms with Gasteiger partial charge in [-0.1, -0.05) is 13.8 Å². The van der Waals surface area contributed by atoms with E-state index in [9.17, 15) is 14.7 Å². The molecule has 1 heterocycles. The first-order valence-electron chi connectivity index (χ1n) is 11.9. The van der Waals surface area contributed by atoms with E-state index in [1.165, 1.54) is 6.92 Å². The van der Waals surface area contributed by atoms with Gasteiger partial charge in [-0.3, -0.25) is 4.79 Å². The maximum atomic E-state index is 12.2. The predicted octanol–water partition coefficient (Wildman–Crippen LogP) is 4.18. The number of aliphatic hydroxyl groups is 1. The van der Waals surface area contributed by atoms with E-state index in [1.807, 2.05) is 0 Å². The van der Waals surface area contributed by atoms with Gasteiger partial charge < -0.3 is 14.6 Å². The molecular formula is C25H36O5. The smallest absolute Gasteiger partial charge is 0.331 e. The summed E-state index contributed by atoms with van der Waals surface area (Å²) in [7, 11) is 0. The topological polar surface area (TPSA) is 72.8 Å². The van der Waals surface area contributed by atoms with Crippen LogP contribution in [0.15, 0.2) is 11.6 Å². The van der Waals surface area contributed by atoms with E-state index < -0.39 is 5.60 Å². The molecule has 4 aliphatic carbocycles. The molecule has 0 spiro atoms. The Labute approximate surface area is 179 Å². The molecule has 166 valence electrons. The molecule has 5 nitrogen and oxygen atoms in total. The fourth-order valence-corrected chi connectivity index (χ4v) is 8.71. The van der Waals surface area contributed by atoms with Crippen LogP contribution in [0.25, 0.3) is 0 Å². The quantitative estimate of drug-likeness (QED) is 0.684. The van der Waals surface area contributed by atoms with Crippen molar-refractivity contribution in [2.75, 3.05) is 6.61 Å². The number of carbonyl (C=O) groups is 2. The minimum Gasteiger partial charge on any atom is -0.463 e. The van der Waals surface area contributed by atoms with E-state index >= 15 is 0 Å². The zero-order chi connectivity index (χ0) is 21.3. The molecule has 0 aromatic heterocycles. The molecule has 4 fully saturated rings. The van der Waals surface area contributed by atoms with E-state index in [4.69, 9.17) is 9.47 Å². The van der Waals surface area contributed by atoms with Crippen LogP contribution in [0.5, 0.6) is 0 Å². The van der Waals surface area contributed by atoms with Crippen molar-refractivity contribution >= 4 is 11.9 Å². The first kappa shape index (κ1) is 20.5. The van der Waals surface area contributed by atoms with Crippen molar-refractivity contribution in [3.63, 3.8) is 0 Å². The highest BCUT2D eigenvalue weighted by Crippen LogP contribution is 2.69. The van der Waals surface area contributed by atoms with Gasteiger partial charge in [0.15, 0.2) is 0 Å². The molecular weight excluding hydrogens is 380 g/mol. The highest BCUT2D eigenvalue weighted by atomic mass is 16.5. The molecule has 0 unspecified atom stereocenters. The van der Waals surface area contributed by atoms with Crippen LogP contribution < -0.4 is 0 Å². The lowest BCUT2D eigenvalue weighted by Gasteiger charge is -2.63. The van der Waals surface area contributed by atoms with Crippen molar-refractivity contribution in [2.45, 2.75) is 90.3 Å². The van der Waals surface area contributed by atoms with Gasteiger partial charge in [0.25, 0.3) is 0 Å². The summed E-state index contributed by atoms with van der Waals surface area (Å²) in [6.07, 6.45) is 10.9. The van der Waals surface area contributed by atoms with Crippen LogP contribution in [0.2, 0.25) is 0 Å². The van der Waals surface area contributed by atoms with Crippen LogP contribution in [0, 0.1) is 34.5 Å². The zero-order valence-electron chi connectivity index (χ0n) is 18.6. The fraction of sp³-hybridized carbons (Fsp3) is 0.840. The van der Waals surface area contributed by atoms with Crippen LogP contribution in [-0.2, 0) is 19.1 Å². The maximum absolute atomic E-state index is 12.2. The normalized spacial score (nSPS) is 50.1. The molecule has 1 N–H and O–H groups in total. The van der Waals surface area contributed by atoms with Crippen molar-refractivity contribution in [1.29, 1.82) is 0 Å². The molecule has 0 amide bonds. The Hall–Kier alpha value is -1.36. The number of rotatable bonds is 2. The summed E-state index contributed by atoms with van der Waals surface area (Å²) in [6, 6.07) is 0. The van der Waals surface area contributed by atoms with Crippen molar-refractivity contribution in [1.82, 2.24) is 0 Å². The number of cyclic esters (lactones) is 1. The Balaban J connectivity index is 1.40. The summed E-state index contributed by atoms with van der Waals surface area (Å²) < 4.78 is 10.8. The number of esters is 2.